The van der Waals surface area contributed by atoms with Crippen LogP contribution in [0.2, 0.25) is 0 Å². The van der Waals surface area contributed by atoms with Crippen molar-refractivity contribution in [3.05, 3.63) is 29.8 Å². The van der Waals surface area contributed by atoms with Crippen LogP contribution in [0.5, 0.6) is 0 Å². The monoisotopic (exact) mass is 257 g/mol. The molecule has 0 radical (unpaired) electrons. The minimum absolute atomic E-state index is 0.674. The highest BCUT2D eigenvalue weighted by Gasteiger charge is 2.17. The first-order valence-electron chi connectivity index (χ1n) is 6.87. The van der Waals surface area contributed by atoms with Crippen LogP contribution >= 0.6 is 0 Å². The van der Waals surface area contributed by atoms with E-state index in [9.17, 15) is 0 Å². The molecule has 1 aliphatic heterocycles. The minimum Gasteiger partial charge on any atom is -0.317 e. The highest BCUT2D eigenvalue weighted by Crippen LogP contribution is 2.20. The van der Waals surface area contributed by atoms with Crippen molar-refractivity contribution < 1.29 is 0 Å². The second kappa shape index (κ2) is 5.48. The molecule has 0 atom stereocenters. The number of nitrogens with one attached hydrogen (secondary N) is 1. The van der Waals surface area contributed by atoms with Gasteiger partial charge >= 0.3 is 0 Å². The summed E-state index contributed by atoms with van der Waals surface area (Å²) in [6.45, 7) is 5.21. The molecule has 2 aromatic rings. The summed E-state index contributed by atoms with van der Waals surface area (Å²) in [5, 5.41) is 15.6. The molecule has 0 spiro atoms. The van der Waals surface area contributed by atoms with Crippen molar-refractivity contribution in [2.24, 2.45) is 5.92 Å². The largest absolute Gasteiger partial charge is 0.317 e. The van der Waals surface area contributed by atoms with Gasteiger partial charge in [-0.15, -0.1) is 5.10 Å². The normalized spacial score (nSPS) is 16.7. The third-order valence-electron chi connectivity index (χ3n) is 3.70. The van der Waals surface area contributed by atoms with E-state index in [4.69, 9.17) is 0 Å². The molecule has 1 aromatic heterocycles. The molecule has 100 valence electrons. The van der Waals surface area contributed by atoms with Crippen molar-refractivity contribution in [2.75, 3.05) is 13.1 Å². The van der Waals surface area contributed by atoms with Gasteiger partial charge in [0.25, 0.3) is 0 Å². The number of hydrogen-bond acceptors (Lipinski definition) is 4. The van der Waals surface area contributed by atoms with Crippen LogP contribution in [0.1, 0.15) is 18.4 Å². The van der Waals surface area contributed by atoms with E-state index in [1.54, 1.807) is 0 Å². The average Bonchev–Trinajstić information content (AvgIpc) is 2.88. The van der Waals surface area contributed by atoms with Crippen molar-refractivity contribution in [3.8, 4) is 11.4 Å². The first-order valence-corrected chi connectivity index (χ1v) is 6.87. The summed E-state index contributed by atoms with van der Waals surface area (Å²) in [5.74, 6) is 1.55. The summed E-state index contributed by atoms with van der Waals surface area (Å²) in [4.78, 5) is 0. The van der Waals surface area contributed by atoms with E-state index in [-0.39, 0.29) is 0 Å². The molecule has 5 nitrogen and oxygen atoms in total. The fourth-order valence-corrected chi connectivity index (χ4v) is 2.63. The third-order valence-corrected chi connectivity index (χ3v) is 3.70. The van der Waals surface area contributed by atoms with Gasteiger partial charge in [0.05, 0.1) is 0 Å². The smallest absolute Gasteiger partial charge is 0.182 e. The van der Waals surface area contributed by atoms with Gasteiger partial charge in [-0.2, -0.15) is 0 Å². The molecule has 0 aliphatic carbocycles. The molecular formula is C14H19N5. The van der Waals surface area contributed by atoms with Crippen LogP contribution < -0.4 is 5.32 Å². The lowest BCUT2D eigenvalue weighted by atomic mass is 9.98. The molecule has 1 N–H and O–H groups in total. The quantitative estimate of drug-likeness (QED) is 0.908. The average molecular weight is 257 g/mol. The van der Waals surface area contributed by atoms with E-state index in [0.29, 0.717) is 5.92 Å². The SMILES string of the molecule is Cc1cccc(-c2nnnn2CC2CCNCC2)c1. The zero-order valence-corrected chi connectivity index (χ0v) is 11.2. The fourth-order valence-electron chi connectivity index (χ4n) is 2.63. The molecule has 1 saturated heterocycles. The summed E-state index contributed by atoms with van der Waals surface area (Å²) < 4.78 is 1.95. The number of benzene rings is 1. The number of nitrogens with zero attached hydrogens (tertiary/aromatic N) is 4. The molecule has 0 unspecified atom stereocenters. The van der Waals surface area contributed by atoms with Gasteiger partial charge in [0.1, 0.15) is 0 Å². The maximum absolute atomic E-state index is 4.18. The van der Waals surface area contributed by atoms with Gasteiger partial charge in [-0.3, -0.25) is 0 Å². The van der Waals surface area contributed by atoms with Gasteiger partial charge < -0.3 is 5.32 Å². The Kier molecular flexibility index (Phi) is 3.55. The second-order valence-electron chi connectivity index (χ2n) is 5.25. The van der Waals surface area contributed by atoms with E-state index in [1.807, 2.05) is 10.7 Å². The predicted octanol–water partition coefficient (Wildman–Crippen LogP) is 1.65. The number of aryl methyl sites for hydroxylation is 1. The summed E-state index contributed by atoms with van der Waals surface area (Å²) in [6.07, 6.45) is 2.40. The molecule has 1 aliphatic rings. The Balaban J connectivity index is 1.81. The molecule has 2 heterocycles. The number of rotatable bonds is 3. The lowest BCUT2D eigenvalue weighted by molar-refractivity contribution is 0.320. The van der Waals surface area contributed by atoms with E-state index < -0.39 is 0 Å². The van der Waals surface area contributed by atoms with Gasteiger partial charge in [0, 0.05) is 12.1 Å². The fraction of sp³-hybridized carbons (Fsp3) is 0.500. The molecular weight excluding hydrogens is 238 g/mol. The minimum atomic E-state index is 0.674. The maximum atomic E-state index is 4.18. The molecule has 0 bridgehead atoms. The summed E-state index contributed by atoms with van der Waals surface area (Å²) in [5.41, 5.74) is 2.33. The van der Waals surface area contributed by atoms with Crippen LogP contribution in [0.25, 0.3) is 11.4 Å². The summed E-state index contributed by atoms with van der Waals surface area (Å²) in [7, 11) is 0. The Morgan fingerprint density at radius 2 is 2.16 bits per heavy atom. The van der Waals surface area contributed by atoms with Crippen LogP contribution in [-0.2, 0) is 6.54 Å². The number of hydrogen-bond donors (Lipinski definition) is 1. The van der Waals surface area contributed by atoms with Crippen molar-refractivity contribution in [3.63, 3.8) is 0 Å². The third kappa shape index (κ3) is 2.81. The van der Waals surface area contributed by atoms with E-state index >= 15 is 0 Å². The van der Waals surface area contributed by atoms with Gasteiger partial charge in [-0.1, -0.05) is 23.8 Å². The number of tetrazole rings is 1. The first-order chi connectivity index (χ1) is 9.33. The predicted molar refractivity (Wildman–Crippen MR) is 73.6 cm³/mol. The first kappa shape index (κ1) is 12.3. The Morgan fingerprint density at radius 3 is 2.95 bits per heavy atom. The highest BCUT2D eigenvalue weighted by molar-refractivity contribution is 5.55. The highest BCUT2D eigenvalue weighted by atomic mass is 15.5. The standard InChI is InChI=1S/C14H19N5/c1-11-3-2-4-13(9-11)14-16-17-18-19(14)10-12-5-7-15-8-6-12/h2-4,9,12,15H,5-8,10H2,1H3. The van der Waals surface area contributed by atoms with Crippen molar-refractivity contribution in [1.82, 2.24) is 25.5 Å². The zero-order chi connectivity index (χ0) is 13.1. The van der Waals surface area contributed by atoms with Gasteiger partial charge in [-0.05, 0) is 55.3 Å². The Labute approximate surface area is 113 Å². The topological polar surface area (TPSA) is 55.6 Å². The van der Waals surface area contributed by atoms with Crippen LogP contribution in [0.3, 0.4) is 0 Å². The van der Waals surface area contributed by atoms with E-state index in [2.05, 4.69) is 46.0 Å². The molecule has 0 amide bonds. The van der Waals surface area contributed by atoms with Crippen LogP contribution in [0.15, 0.2) is 24.3 Å². The van der Waals surface area contributed by atoms with E-state index in [0.717, 1.165) is 31.0 Å². The number of piperidine rings is 1. The van der Waals surface area contributed by atoms with Gasteiger partial charge in [-0.25, -0.2) is 4.68 Å². The van der Waals surface area contributed by atoms with E-state index in [1.165, 1.54) is 18.4 Å². The second-order valence-corrected chi connectivity index (χ2v) is 5.25. The lowest BCUT2D eigenvalue weighted by Gasteiger charge is -2.22. The maximum Gasteiger partial charge on any atom is 0.182 e. The number of aromatic nitrogens is 4. The molecule has 1 aromatic carbocycles. The van der Waals surface area contributed by atoms with Gasteiger partial charge in [0.15, 0.2) is 5.82 Å². The summed E-state index contributed by atoms with van der Waals surface area (Å²) in [6, 6.07) is 8.33. The summed E-state index contributed by atoms with van der Waals surface area (Å²) >= 11 is 0. The Morgan fingerprint density at radius 1 is 1.32 bits per heavy atom. The molecule has 3 rings (SSSR count). The Bertz CT molecular complexity index is 542. The lowest BCUT2D eigenvalue weighted by Crippen LogP contribution is -2.30. The van der Waals surface area contributed by atoms with Crippen LogP contribution in [-0.4, -0.2) is 33.3 Å². The van der Waals surface area contributed by atoms with Gasteiger partial charge in [0.2, 0.25) is 0 Å². The molecule has 5 heteroatoms. The molecule has 0 saturated carbocycles. The zero-order valence-electron chi connectivity index (χ0n) is 11.2. The Hall–Kier alpha value is -1.75. The van der Waals surface area contributed by atoms with Crippen molar-refractivity contribution >= 4 is 0 Å². The van der Waals surface area contributed by atoms with Crippen LogP contribution in [0.4, 0.5) is 0 Å². The van der Waals surface area contributed by atoms with Crippen molar-refractivity contribution in [1.29, 1.82) is 0 Å². The molecule has 1 fully saturated rings. The van der Waals surface area contributed by atoms with Crippen LogP contribution in [0, 0.1) is 12.8 Å². The molecule has 19 heavy (non-hydrogen) atoms. The van der Waals surface area contributed by atoms with Crippen molar-refractivity contribution in [2.45, 2.75) is 26.3 Å².